The van der Waals surface area contributed by atoms with Crippen molar-refractivity contribution in [3.8, 4) is 0 Å². The van der Waals surface area contributed by atoms with Crippen molar-refractivity contribution in [1.82, 2.24) is 5.43 Å². The van der Waals surface area contributed by atoms with Gasteiger partial charge in [-0.2, -0.15) is 0 Å². The third-order valence-electron chi connectivity index (χ3n) is 4.22. The van der Waals surface area contributed by atoms with E-state index in [0.717, 1.165) is 25.3 Å². The number of hydrogen-bond acceptors (Lipinski definition) is 2. The summed E-state index contributed by atoms with van der Waals surface area (Å²) in [5.41, 5.74) is 3.29. The van der Waals surface area contributed by atoms with E-state index in [1.165, 1.54) is 12.1 Å². The van der Waals surface area contributed by atoms with E-state index in [4.69, 9.17) is 5.84 Å². The first kappa shape index (κ1) is 13.4. The lowest BCUT2D eigenvalue weighted by molar-refractivity contribution is 0.195. The van der Waals surface area contributed by atoms with Crippen molar-refractivity contribution < 1.29 is 8.78 Å². The zero-order chi connectivity index (χ0) is 13.3. The highest BCUT2D eigenvalue weighted by molar-refractivity contribution is 5.23. The van der Waals surface area contributed by atoms with Crippen LogP contribution in [0.15, 0.2) is 18.2 Å². The molecule has 2 atom stereocenters. The van der Waals surface area contributed by atoms with Crippen molar-refractivity contribution in [2.24, 2.45) is 17.2 Å². The van der Waals surface area contributed by atoms with Crippen LogP contribution in [0.2, 0.25) is 0 Å². The van der Waals surface area contributed by atoms with Gasteiger partial charge >= 0.3 is 0 Å². The quantitative estimate of drug-likeness (QED) is 0.641. The lowest BCUT2D eigenvalue weighted by Crippen LogP contribution is -2.38. The lowest BCUT2D eigenvalue weighted by atomic mass is 9.75. The summed E-state index contributed by atoms with van der Waals surface area (Å²) in [5.74, 6) is 4.78. The average molecular weight is 254 g/mol. The number of benzene rings is 1. The topological polar surface area (TPSA) is 38.0 Å². The molecule has 0 bridgehead atoms. The Balaban J connectivity index is 2.33. The molecule has 4 heteroatoms. The van der Waals surface area contributed by atoms with E-state index in [2.05, 4.69) is 19.3 Å². The van der Waals surface area contributed by atoms with Crippen molar-refractivity contribution in [3.63, 3.8) is 0 Å². The minimum Gasteiger partial charge on any atom is -0.271 e. The summed E-state index contributed by atoms with van der Waals surface area (Å²) in [7, 11) is 0. The largest absolute Gasteiger partial charge is 0.271 e. The molecule has 1 saturated carbocycles. The highest BCUT2D eigenvalue weighted by Crippen LogP contribution is 2.48. The number of hydrazine groups is 1. The molecule has 0 radical (unpaired) electrons. The monoisotopic (exact) mass is 254 g/mol. The second-order valence-corrected chi connectivity index (χ2v) is 5.80. The zero-order valence-corrected chi connectivity index (χ0v) is 10.8. The predicted molar refractivity (Wildman–Crippen MR) is 67.5 cm³/mol. The van der Waals surface area contributed by atoms with Gasteiger partial charge in [-0.1, -0.05) is 26.3 Å². The molecule has 0 heterocycles. The van der Waals surface area contributed by atoms with E-state index in [-0.39, 0.29) is 17.4 Å². The van der Waals surface area contributed by atoms with Crippen molar-refractivity contribution in [2.45, 2.75) is 39.2 Å². The maximum atomic E-state index is 13.9. The van der Waals surface area contributed by atoms with Crippen LogP contribution in [0.1, 0.15) is 44.7 Å². The molecule has 18 heavy (non-hydrogen) atoms. The molecule has 2 rings (SSSR count). The normalized spacial score (nSPS) is 24.2. The van der Waals surface area contributed by atoms with Gasteiger partial charge in [-0.3, -0.25) is 11.3 Å². The summed E-state index contributed by atoms with van der Waals surface area (Å²) in [6.07, 6.45) is 3.25. The van der Waals surface area contributed by atoms with Gasteiger partial charge in [0.25, 0.3) is 0 Å². The fraction of sp³-hybridized carbons (Fsp3) is 0.571. The Morgan fingerprint density at radius 1 is 1.39 bits per heavy atom. The summed E-state index contributed by atoms with van der Waals surface area (Å²) >= 11 is 0. The van der Waals surface area contributed by atoms with E-state index >= 15 is 0 Å². The van der Waals surface area contributed by atoms with Crippen LogP contribution in [0.25, 0.3) is 0 Å². The lowest BCUT2D eigenvalue weighted by Gasteiger charge is -2.34. The maximum Gasteiger partial charge on any atom is 0.130 e. The molecule has 1 aromatic rings. The highest BCUT2D eigenvalue weighted by Gasteiger charge is 2.40. The Morgan fingerprint density at radius 3 is 2.61 bits per heavy atom. The standard InChI is InChI=1S/C14H20F2N2/c1-14(2)7-3-4-11(14)13(18-17)10-6-5-9(15)8-12(10)16/h5-6,8,11,13,18H,3-4,7,17H2,1-2H3. The van der Waals surface area contributed by atoms with Crippen molar-refractivity contribution >= 4 is 0 Å². The molecular formula is C14H20F2N2. The van der Waals surface area contributed by atoms with Gasteiger partial charge in [-0.25, -0.2) is 8.78 Å². The van der Waals surface area contributed by atoms with E-state index < -0.39 is 11.6 Å². The van der Waals surface area contributed by atoms with Gasteiger partial charge in [0.15, 0.2) is 0 Å². The van der Waals surface area contributed by atoms with Crippen LogP contribution in [0.4, 0.5) is 8.78 Å². The van der Waals surface area contributed by atoms with E-state index in [0.29, 0.717) is 5.56 Å². The molecule has 0 amide bonds. The van der Waals surface area contributed by atoms with E-state index in [1.54, 1.807) is 0 Å². The number of nitrogens with one attached hydrogen (secondary N) is 1. The fourth-order valence-electron chi connectivity index (χ4n) is 3.15. The highest BCUT2D eigenvalue weighted by atomic mass is 19.1. The van der Waals surface area contributed by atoms with Gasteiger partial charge in [0.05, 0.1) is 6.04 Å². The molecule has 0 spiro atoms. The summed E-state index contributed by atoms with van der Waals surface area (Å²) in [5, 5.41) is 0. The minimum absolute atomic E-state index is 0.123. The Morgan fingerprint density at radius 2 is 2.11 bits per heavy atom. The second-order valence-electron chi connectivity index (χ2n) is 5.80. The molecular weight excluding hydrogens is 234 g/mol. The number of halogens is 2. The number of nitrogens with two attached hydrogens (primary N) is 1. The smallest absolute Gasteiger partial charge is 0.130 e. The fourth-order valence-corrected chi connectivity index (χ4v) is 3.15. The Kier molecular flexibility index (Phi) is 3.69. The second kappa shape index (κ2) is 4.94. The first-order chi connectivity index (χ1) is 8.45. The molecule has 0 saturated heterocycles. The molecule has 0 aromatic heterocycles. The molecule has 0 aliphatic heterocycles. The summed E-state index contributed by atoms with van der Waals surface area (Å²) in [6.45, 7) is 4.35. The number of hydrogen-bond donors (Lipinski definition) is 2. The van der Waals surface area contributed by atoms with Crippen LogP contribution in [-0.4, -0.2) is 0 Å². The molecule has 100 valence electrons. The molecule has 1 fully saturated rings. The molecule has 2 nitrogen and oxygen atoms in total. The number of rotatable bonds is 3. The summed E-state index contributed by atoms with van der Waals surface area (Å²) in [4.78, 5) is 0. The first-order valence-corrected chi connectivity index (χ1v) is 6.37. The molecule has 2 unspecified atom stereocenters. The van der Waals surface area contributed by atoms with E-state index in [9.17, 15) is 8.78 Å². The van der Waals surface area contributed by atoms with E-state index in [1.807, 2.05) is 0 Å². The molecule has 1 aliphatic carbocycles. The third-order valence-corrected chi connectivity index (χ3v) is 4.22. The predicted octanol–water partition coefficient (Wildman–Crippen LogP) is 3.30. The average Bonchev–Trinajstić information content (AvgIpc) is 2.63. The van der Waals surface area contributed by atoms with Crippen LogP contribution in [0, 0.1) is 23.0 Å². The maximum absolute atomic E-state index is 13.9. The van der Waals surface area contributed by atoms with Gasteiger partial charge in [-0.15, -0.1) is 0 Å². The Bertz CT molecular complexity index is 432. The van der Waals surface area contributed by atoms with Gasteiger partial charge in [0.2, 0.25) is 0 Å². The molecule has 1 aliphatic rings. The molecule has 1 aromatic carbocycles. The summed E-state index contributed by atoms with van der Waals surface area (Å²) in [6, 6.07) is 3.43. The van der Waals surface area contributed by atoms with Crippen molar-refractivity contribution in [1.29, 1.82) is 0 Å². The Labute approximate surface area is 107 Å². The summed E-state index contributed by atoms with van der Waals surface area (Å²) < 4.78 is 26.8. The first-order valence-electron chi connectivity index (χ1n) is 6.37. The minimum atomic E-state index is -0.558. The van der Waals surface area contributed by atoms with Gasteiger partial charge in [-0.05, 0) is 30.2 Å². The van der Waals surface area contributed by atoms with Gasteiger partial charge in [0, 0.05) is 11.6 Å². The van der Waals surface area contributed by atoms with Crippen LogP contribution in [-0.2, 0) is 0 Å². The van der Waals surface area contributed by atoms with Crippen LogP contribution in [0.5, 0.6) is 0 Å². The van der Waals surface area contributed by atoms with Crippen LogP contribution >= 0.6 is 0 Å². The van der Waals surface area contributed by atoms with Crippen molar-refractivity contribution in [2.75, 3.05) is 0 Å². The molecule has 3 N–H and O–H groups in total. The zero-order valence-electron chi connectivity index (χ0n) is 10.8. The van der Waals surface area contributed by atoms with Crippen LogP contribution in [0.3, 0.4) is 0 Å². The third kappa shape index (κ3) is 2.40. The van der Waals surface area contributed by atoms with Gasteiger partial charge in [0.1, 0.15) is 11.6 Å². The van der Waals surface area contributed by atoms with Crippen LogP contribution < -0.4 is 11.3 Å². The Hall–Kier alpha value is -1.00. The van der Waals surface area contributed by atoms with Gasteiger partial charge < -0.3 is 0 Å². The SMILES string of the molecule is CC1(C)CCCC1C(NN)c1ccc(F)cc1F. The van der Waals surface area contributed by atoms with Crippen molar-refractivity contribution in [3.05, 3.63) is 35.4 Å².